The maximum Gasteiger partial charge on any atom is 0.235 e. The van der Waals surface area contributed by atoms with E-state index in [-0.39, 0.29) is 12.4 Å². The van der Waals surface area contributed by atoms with Gasteiger partial charge in [0.05, 0.1) is 17.6 Å². The molecular formula is C21H16FN8O3PS-2. The van der Waals surface area contributed by atoms with Crippen molar-refractivity contribution in [2.24, 2.45) is 0 Å². The van der Waals surface area contributed by atoms with E-state index in [2.05, 4.69) is 25.3 Å². The molecule has 178 valence electrons. The fourth-order valence-electron chi connectivity index (χ4n) is 3.45. The molecule has 0 aliphatic heterocycles. The number of rotatable bonds is 7. The van der Waals surface area contributed by atoms with Crippen molar-refractivity contribution in [2.45, 2.75) is 11.7 Å². The van der Waals surface area contributed by atoms with Crippen LogP contribution >= 0.6 is 19.4 Å². The number of fused-ring (bicyclic) bond motifs is 1. The largest absolute Gasteiger partial charge is 0.811 e. The van der Waals surface area contributed by atoms with Gasteiger partial charge in [-0.05, 0) is 48.8 Å². The molecule has 0 amide bonds. The Labute approximate surface area is 202 Å². The molecule has 4 heterocycles. The first kappa shape index (κ1) is 23.2. The predicted octanol–water partition coefficient (Wildman–Crippen LogP) is 1.89. The molecule has 0 saturated carbocycles. The molecule has 14 heteroatoms. The highest BCUT2D eigenvalue weighted by molar-refractivity contribution is 7.98. The van der Waals surface area contributed by atoms with Crippen molar-refractivity contribution in [3.63, 3.8) is 0 Å². The molecule has 0 aliphatic rings. The van der Waals surface area contributed by atoms with Crippen LogP contribution in [0.2, 0.25) is 0 Å². The number of nitrogens with zero attached hydrogens (tertiary/aromatic N) is 8. The van der Waals surface area contributed by atoms with Crippen LogP contribution in [0, 0.1) is 5.82 Å². The third kappa shape index (κ3) is 4.98. The minimum Gasteiger partial charge on any atom is -0.811 e. The molecule has 0 bridgehead atoms. The van der Waals surface area contributed by atoms with Gasteiger partial charge in [-0.2, -0.15) is 0 Å². The van der Waals surface area contributed by atoms with Crippen LogP contribution in [-0.4, -0.2) is 51.7 Å². The molecule has 35 heavy (non-hydrogen) atoms. The number of thioether (sulfide) groups is 1. The summed E-state index contributed by atoms with van der Waals surface area (Å²) in [6, 6.07) is 9.46. The summed E-state index contributed by atoms with van der Waals surface area (Å²) in [7, 11) is -4.65. The zero-order valence-corrected chi connectivity index (χ0v) is 19.9. The highest BCUT2D eigenvalue weighted by atomic mass is 32.2. The molecule has 0 fully saturated rings. The Morgan fingerprint density at radius 2 is 1.83 bits per heavy atom. The Hall–Kier alpha value is -3.51. The second-order valence-electron chi connectivity index (χ2n) is 7.43. The maximum atomic E-state index is 13.6. The first-order valence-corrected chi connectivity index (χ1v) is 13.2. The molecule has 0 N–H and O–H groups in total. The lowest BCUT2D eigenvalue weighted by Crippen LogP contribution is -2.19. The SMILES string of the molecule is CSc1nccc(-c2c(-c3ccc(F)cc3)nc3nc(-c4cn(CCP(=O)([O-])[O-])nn4)ccn23)n1. The van der Waals surface area contributed by atoms with E-state index in [0.29, 0.717) is 45.0 Å². The molecule has 0 aliphatic carbocycles. The van der Waals surface area contributed by atoms with Crippen molar-refractivity contribution in [1.29, 1.82) is 0 Å². The zero-order valence-electron chi connectivity index (χ0n) is 18.1. The number of hydrogen-bond donors (Lipinski definition) is 0. The number of hydrogen-bond acceptors (Lipinski definition) is 10. The summed E-state index contributed by atoms with van der Waals surface area (Å²) in [4.78, 5) is 39.9. The maximum absolute atomic E-state index is 13.6. The topological polar surface area (TPSA) is 150 Å². The van der Waals surface area contributed by atoms with Crippen LogP contribution in [0.3, 0.4) is 0 Å². The summed E-state index contributed by atoms with van der Waals surface area (Å²) in [5.41, 5.74) is 3.36. The fourth-order valence-corrected chi connectivity index (χ4v) is 4.25. The van der Waals surface area contributed by atoms with Crippen molar-refractivity contribution < 1.29 is 18.7 Å². The fraction of sp³-hybridized carbons (Fsp3) is 0.143. The Morgan fingerprint density at radius 3 is 2.57 bits per heavy atom. The summed E-state index contributed by atoms with van der Waals surface area (Å²) < 4.78 is 27.5. The molecule has 0 saturated heterocycles. The van der Waals surface area contributed by atoms with Gasteiger partial charge in [0.15, 0.2) is 5.16 Å². The lowest BCUT2D eigenvalue weighted by molar-refractivity contribution is -0.313. The highest BCUT2D eigenvalue weighted by Gasteiger charge is 2.19. The summed E-state index contributed by atoms with van der Waals surface area (Å²) in [5.74, 6) is -0.0149. The summed E-state index contributed by atoms with van der Waals surface area (Å²) >= 11 is 1.41. The van der Waals surface area contributed by atoms with E-state index < -0.39 is 13.8 Å². The molecule has 0 unspecified atom stereocenters. The van der Waals surface area contributed by atoms with Crippen molar-refractivity contribution in [1.82, 2.24) is 39.3 Å². The Morgan fingerprint density at radius 1 is 1.03 bits per heavy atom. The van der Waals surface area contributed by atoms with Gasteiger partial charge in [-0.25, -0.2) is 24.3 Å². The van der Waals surface area contributed by atoms with E-state index >= 15 is 0 Å². The average molecular weight is 510 g/mol. The van der Waals surface area contributed by atoms with Gasteiger partial charge in [-0.1, -0.05) is 24.6 Å². The van der Waals surface area contributed by atoms with E-state index in [4.69, 9.17) is 4.98 Å². The second kappa shape index (κ2) is 9.27. The van der Waals surface area contributed by atoms with Gasteiger partial charge in [0.2, 0.25) is 5.78 Å². The average Bonchev–Trinajstić information content (AvgIpc) is 3.47. The molecule has 0 radical (unpaired) electrons. The Kier molecular flexibility index (Phi) is 6.15. The zero-order chi connectivity index (χ0) is 24.6. The van der Waals surface area contributed by atoms with Crippen molar-refractivity contribution in [3.8, 4) is 34.0 Å². The third-order valence-electron chi connectivity index (χ3n) is 5.07. The second-order valence-corrected chi connectivity index (χ2v) is 9.87. The molecule has 5 aromatic rings. The van der Waals surface area contributed by atoms with Crippen molar-refractivity contribution in [3.05, 3.63) is 60.8 Å². The van der Waals surface area contributed by atoms with Gasteiger partial charge in [0.1, 0.15) is 22.9 Å². The number of aryl methyl sites for hydroxylation is 1. The Balaban J connectivity index is 1.60. The Bertz CT molecular complexity index is 1570. The molecular weight excluding hydrogens is 494 g/mol. The van der Waals surface area contributed by atoms with Crippen LogP contribution < -0.4 is 9.79 Å². The summed E-state index contributed by atoms with van der Waals surface area (Å²) in [5, 5.41) is 8.48. The first-order valence-electron chi connectivity index (χ1n) is 10.2. The number of benzene rings is 1. The molecule has 1 aromatic carbocycles. The minimum absolute atomic E-state index is 0.104. The smallest absolute Gasteiger partial charge is 0.235 e. The van der Waals surface area contributed by atoms with Gasteiger partial charge in [-0.3, -0.25) is 9.08 Å². The van der Waals surface area contributed by atoms with E-state index in [1.165, 1.54) is 34.8 Å². The predicted molar refractivity (Wildman–Crippen MR) is 123 cm³/mol. The van der Waals surface area contributed by atoms with Crippen molar-refractivity contribution in [2.75, 3.05) is 12.4 Å². The van der Waals surface area contributed by atoms with Crippen LogP contribution in [0.15, 0.2) is 60.1 Å². The van der Waals surface area contributed by atoms with E-state index in [0.717, 1.165) is 0 Å². The van der Waals surface area contributed by atoms with Gasteiger partial charge >= 0.3 is 0 Å². The minimum atomic E-state index is -4.65. The standard InChI is InChI=1S/C21H18FN8O3PS/c1-35-21-23-8-6-16(25-21)19-18(13-2-4-14(22)5-3-13)26-20-24-15(7-9-30(19)20)17-12-29(28-27-17)10-11-34(31,32)33/h2-9,12H,10-11H2,1H3,(H2,31,32,33)/p-2. The van der Waals surface area contributed by atoms with E-state index in [1.807, 2.05) is 6.26 Å². The molecule has 0 atom stereocenters. The highest BCUT2D eigenvalue weighted by Crippen LogP contribution is 2.32. The lowest BCUT2D eigenvalue weighted by atomic mass is 10.1. The van der Waals surface area contributed by atoms with Gasteiger partial charge in [0.25, 0.3) is 0 Å². The van der Waals surface area contributed by atoms with Gasteiger partial charge < -0.3 is 14.4 Å². The van der Waals surface area contributed by atoms with Crippen molar-refractivity contribution >= 4 is 25.1 Å². The molecule has 5 rings (SSSR count). The number of imidazole rings is 1. The normalized spacial score (nSPS) is 11.9. The number of aromatic nitrogens is 8. The van der Waals surface area contributed by atoms with E-state index in [1.54, 1.807) is 41.1 Å². The monoisotopic (exact) mass is 510 g/mol. The van der Waals surface area contributed by atoms with E-state index in [9.17, 15) is 18.7 Å². The van der Waals surface area contributed by atoms with Crippen LogP contribution in [0.1, 0.15) is 0 Å². The summed E-state index contributed by atoms with van der Waals surface area (Å²) in [6.45, 7) is -0.104. The molecule has 11 nitrogen and oxygen atoms in total. The van der Waals surface area contributed by atoms with Gasteiger partial charge in [-0.15, -0.1) is 5.10 Å². The molecule has 0 spiro atoms. The first-order chi connectivity index (χ1) is 16.8. The third-order valence-corrected chi connectivity index (χ3v) is 6.38. The lowest BCUT2D eigenvalue weighted by Gasteiger charge is -2.28. The summed E-state index contributed by atoms with van der Waals surface area (Å²) in [6.07, 6.45) is 6.24. The van der Waals surface area contributed by atoms with Crippen LogP contribution in [0.4, 0.5) is 4.39 Å². The van der Waals surface area contributed by atoms with Crippen LogP contribution in [0.25, 0.3) is 39.8 Å². The van der Waals surface area contributed by atoms with Crippen LogP contribution in [0.5, 0.6) is 0 Å². The van der Waals surface area contributed by atoms with Gasteiger partial charge in [0, 0.05) is 24.5 Å². The molecule has 4 aromatic heterocycles. The quantitative estimate of drug-likeness (QED) is 0.180. The van der Waals surface area contributed by atoms with Crippen LogP contribution in [-0.2, 0) is 11.1 Å². The number of halogens is 1.